The zero-order valence-electron chi connectivity index (χ0n) is 33.3. The van der Waals surface area contributed by atoms with E-state index in [1.165, 1.54) is 87.3 Å². The fraction of sp³-hybridized carbons (Fsp3) is 0.107. The van der Waals surface area contributed by atoms with Gasteiger partial charge in [-0.3, -0.25) is 0 Å². The summed E-state index contributed by atoms with van der Waals surface area (Å²) in [4.78, 5) is 3.83. The topological polar surface area (TPSA) is 3.24 Å². The molecule has 0 bridgehead atoms. The molecule has 0 saturated carbocycles. The second-order valence-electron chi connectivity index (χ2n) is 17.0. The van der Waals surface area contributed by atoms with E-state index in [1.807, 2.05) is 11.3 Å². The summed E-state index contributed by atoms with van der Waals surface area (Å²) in [5, 5.41) is 1.39. The van der Waals surface area contributed by atoms with Crippen LogP contribution in [0.4, 0.5) is 17.1 Å². The Bertz CT molecular complexity index is 3040. The largest absolute Gasteiger partial charge is 0.310 e. The van der Waals surface area contributed by atoms with E-state index >= 15 is 0 Å². The highest BCUT2D eigenvalue weighted by molar-refractivity contribution is 7.22. The number of thiophene rings is 1. The van der Waals surface area contributed by atoms with Crippen LogP contribution in [0.25, 0.3) is 65.0 Å². The first-order chi connectivity index (χ1) is 28.3. The molecule has 0 fully saturated rings. The van der Waals surface area contributed by atoms with E-state index in [4.69, 9.17) is 0 Å². The molecule has 278 valence electrons. The second-order valence-corrected chi connectivity index (χ2v) is 18.0. The first kappa shape index (κ1) is 34.7. The molecular formula is C56H43NS. The monoisotopic (exact) mass is 761 g/mol. The number of benzene rings is 8. The van der Waals surface area contributed by atoms with Gasteiger partial charge in [0.15, 0.2) is 0 Å². The first-order valence-electron chi connectivity index (χ1n) is 20.3. The summed E-state index contributed by atoms with van der Waals surface area (Å²) in [6, 6.07) is 69.7. The van der Waals surface area contributed by atoms with Crippen molar-refractivity contribution in [3.63, 3.8) is 0 Å². The van der Waals surface area contributed by atoms with Crippen LogP contribution in [0.5, 0.6) is 0 Å². The highest BCUT2D eigenvalue weighted by Gasteiger charge is 2.39. The van der Waals surface area contributed by atoms with Crippen molar-refractivity contribution in [3.05, 3.63) is 210 Å². The summed E-state index contributed by atoms with van der Waals surface area (Å²) in [5.41, 5.74) is 20.3. The Kier molecular flexibility index (Phi) is 7.80. The number of fused-ring (bicyclic) bond motifs is 8. The summed E-state index contributed by atoms with van der Waals surface area (Å²) >= 11 is 1.93. The zero-order valence-corrected chi connectivity index (χ0v) is 34.1. The molecule has 11 rings (SSSR count). The van der Waals surface area contributed by atoms with Crippen LogP contribution in [0.2, 0.25) is 0 Å². The third kappa shape index (κ3) is 5.36. The molecule has 1 nitrogen and oxygen atoms in total. The Labute approximate surface area is 345 Å². The molecule has 0 unspecified atom stereocenters. The van der Waals surface area contributed by atoms with E-state index in [-0.39, 0.29) is 10.8 Å². The van der Waals surface area contributed by atoms with Crippen molar-refractivity contribution in [2.75, 3.05) is 4.90 Å². The summed E-state index contributed by atoms with van der Waals surface area (Å²) in [6.07, 6.45) is 0. The van der Waals surface area contributed by atoms with Crippen molar-refractivity contribution in [2.45, 2.75) is 38.5 Å². The Morgan fingerprint density at radius 2 is 0.879 bits per heavy atom. The molecule has 2 aliphatic rings. The van der Waals surface area contributed by atoms with Gasteiger partial charge in [-0.15, -0.1) is 11.3 Å². The van der Waals surface area contributed by atoms with E-state index in [2.05, 4.69) is 221 Å². The first-order valence-corrected chi connectivity index (χ1v) is 21.2. The number of anilines is 3. The molecule has 2 aliphatic carbocycles. The number of rotatable bonds is 6. The van der Waals surface area contributed by atoms with Gasteiger partial charge in [0.2, 0.25) is 0 Å². The Morgan fingerprint density at radius 3 is 1.64 bits per heavy atom. The fourth-order valence-electron chi connectivity index (χ4n) is 9.82. The summed E-state index contributed by atoms with van der Waals surface area (Å²) in [5.74, 6) is 0. The molecule has 58 heavy (non-hydrogen) atoms. The minimum absolute atomic E-state index is 0.0555. The molecule has 0 spiro atoms. The predicted molar refractivity (Wildman–Crippen MR) is 248 cm³/mol. The summed E-state index contributed by atoms with van der Waals surface area (Å²) in [6.45, 7) is 9.49. The maximum atomic E-state index is 2.44. The molecule has 1 heterocycles. The normalized spacial score (nSPS) is 14.1. The van der Waals surface area contributed by atoms with Crippen LogP contribution < -0.4 is 4.90 Å². The van der Waals surface area contributed by atoms with Gasteiger partial charge in [-0.1, -0.05) is 161 Å². The zero-order chi connectivity index (χ0) is 39.2. The standard InChI is InChI=1S/C56H43NS/c1-55(2)49-19-10-8-17-45(49)46-32-30-44(35-51(46)55)57(42-26-21-37(22-27-42)36-13-6-5-7-14-36)43-28-23-38(24-29-43)39-15-12-16-40(33-39)41-25-31-47-50(34-41)56(3,4)53-48-18-9-11-20-52(48)58-54(47)53/h5-35H,1-4H3. The SMILES string of the molecule is CC1(C)c2ccccc2-c2ccc(N(c3ccc(-c4ccccc4)cc3)c3ccc(-c4cccc(-c5ccc6c(c5)C(C)(C)c5c-6sc6ccccc56)c4)cc3)cc21. The van der Waals surface area contributed by atoms with Crippen LogP contribution in [0, 0.1) is 0 Å². The number of hydrogen-bond acceptors (Lipinski definition) is 2. The van der Waals surface area contributed by atoms with E-state index < -0.39 is 0 Å². The Morgan fingerprint density at radius 1 is 0.362 bits per heavy atom. The van der Waals surface area contributed by atoms with Crippen molar-refractivity contribution in [3.8, 4) is 54.9 Å². The van der Waals surface area contributed by atoms with E-state index in [0.717, 1.165) is 17.1 Å². The molecule has 0 atom stereocenters. The van der Waals surface area contributed by atoms with Gasteiger partial charge in [0.05, 0.1) is 0 Å². The van der Waals surface area contributed by atoms with Crippen LogP contribution in [-0.4, -0.2) is 0 Å². The van der Waals surface area contributed by atoms with Crippen molar-refractivity contribution in [1.29, 1.82) is 0 Å². The van der Waals surface area contributed by atoms with Crippen LogP contribution in [0.3, 0.4) is 0 Å². The lowest BCUT2D eigenvalue weighted by Crippen LogP contribution is -2.16. The maximum absolute atomic E-state index is 2.44. The van der Waals surface area contributed by atoms with Gasteiger partial charge in [-0.25, -0.2) is 0 Å². The molecule has 1 aromatic heterocycles. The van der Waals surface area contributed by atoms with Crippen LogP contribution in [0.1, 0.15) is 49.9 Å². The van der Waals surface area contributed by atoms with Crippen molar-refractivity contribution >= 4 is 38.5 Å². The Balaban J connectivity index is 0.951. The van der Waals surface area contributed by atoms with Gasteiger partial charge in [-0.2, -0.15) is 0 Å². The van der Waals surface area contributed by atoms with E-state index in [1.54, 1.807) is 0 Å². The predicted octanol–water partition coefficient (Wildman–Crippen LogP) is 16.0. The molecule has 0 N–H and O–H groups in total. The lowest BCUT2D eigenvalue weighted by atomic mass is 9.80. The molecule has 8 aromatic carbocycles. The van der Waals surface area contributed by atoms with Gasteiger partial charge in [-0.05, 0) is 132 Å². The minimum Gasteiger partial charge on any atom is -0.310 e. The third-order valence-electron chi connectivity index (χ3n) is 12.9. The molecule has 2 heteroatoms. The molecule has 9 aromatic rings. The number of hydrogen-bond donors (Lipinski definition) is 0. The average Bonchev–Trinajstić information content (AvgIpc) is 3.85. The smallest absolute Gasteiger partial charge is 0.0465 e. The molecule has 0 aliphatic heterocycles. The third-order valence-corrected chi connectivity index (χ3v) is 14.1. The maximum Gasteiger partial charge on any atom is 0.0465 e. The van der Waals surface area contributed by atoms with Crippen molar-refractivity contribution in [1.82, 2.24) is 0 Å². The summed E-state index contributed by atoms with van der Waals surface area (Å²) in [7, 11) is 0. The molecule has 0 amide bonds. The minimum atomic E-state index is -0.0881. The Hall–Kier alpha value is -6.48. The fourth-order valence-corrected chi connectivity index (χ4v) is 11.2. The van der Waals surface area contributed by atoms with Crippen molar-refractivity contribution in [2.24, 2.45) is 0 Å². The van der Waals surface area contributed by atoms with E-state index in [9.17, 15) is 0 Å². The van der Waals surface area contributed by atoms with Crippen LogP contribution >= 0.6 is 11.3 Å². The molecule has 0 saturated heterocycles. The van der Waals surface area contributed by atoms with Crippen LogP contribution in [0.15, 0.2) is 188 Å². The summed E-state index contributed by atoms with van der Waals surface area (Å²) < 4.78 is 1.38. The number of nitrogens with zero attached hydrogens (tertiary/aromatic N) is 1. The van der Waals surface area contributed by atoms with Gasteiger partial charge in [0, 0.05) is 37.5 Å². The highest BCUT2D eigenvalue weighted by atomic mass is 32.1. The average molecular weight is 762 g/mol. The van der Waals surface area contributed by atoms with Gasteiger partial charge < -0.3 is 4.90 Å². The second kappa shape index (κ2) is 13.0. The van der Waals surface area contributed by atoms with Crippen LogP contribution in [-0.2, 0) is 10.8 Å². The van der Waals surface area contributed by atoms with E-state index in [0.29, 0.717) is 0 Å². The highest BCUT2D eigenvalue weighted by Crippen LogP contribution is 2.56. The van der Waals surface area contributed by atoms with Gasteiger partial charge >= 0.3 is 0 Å². The lowest BCUT2D eigenvalue weighted by molar-refractivity contribution is 0.660. The van der Waals surface area contributed by atoms with Gasteiger partial charge in [0.25, 0.3) is 0 Å². The van der Waals surface area contributed by atoms with Gasteiger partial charge in [0.1, 0.15) is 0 Å². The van der Waals surface area contributed by atoms with Crippen molar-refractivity contribution < 1.29 is 0 Å². The lowest BCUT2D eigenvalue weighted by Gasteiger charge is -2.28. The quantitative estimate of drug-likeness (QED) is 0.163. The molecule has 0 radical (unpaired) electrons. The molecular weight excluding hydrogens is 719 g/mol.